The van der Waals surface area contributed by atoms with Gasteiger partial charge in [-0.25, -0.2) is 4.68 Å². The number of benzene rings is 2. The highest BCUT2D eigenvalue weighted by atomic mass is 127. The lowest BCUT2D eigenvalue weighted by Gasteiger charge is -2.29. The van der Waals surface area contributed by atoms with Crippen LogP contribution in [0, 0.1) is 10.5 Å². The SMILES string of the molecule is CC1=C(C(=O)Nc2ccc(I)cc2)C(c2cccc(C)c2)n2nc(CCCO)nc2N1. The first-order chi connectivity index (χ1) is 15.0. The molecule has 160 valence electrons. The van der Waals surface area contributed by atoms with Crippen molar-refractivity contribution in [2.24, 2.45) is 0 Å². The van der Waals surface area contributed by atoms with Crippen molar-refractivity contribution in [2.75, 3.05) is 17.2 Å². The molecule has 1 aliphatic heterocycles. The molecule has 31 heavy (non-hydrogen) atoms. The van der Waals surface area contributed by atoms with Crippen molar-refractivity contribution in [1.29, 1.82) is 0 Å². The quantitative estimate of drug-likeness (QED) is 0.420. The summed E-state index contributed by atoms with van der Waals surface area (Å²) in [6.45, 7) is 4.00. The van der Waals surface area contributed by atoms with Gasteiger partial charge in [-0.2, -0.15) is 10.1 Å². The number of allylic oxidation sites excluding steroid dienone is 1. The normalized spacial score (nSPS) is 15.4. The fourth-order valence-electron chi connectivity index (χ4n) is 3.71. The Kier molecular flexibility index (Phi) is 6.38. The molecule has 0 saturated heterocycles. The number of rotatable bonds is 6. The maximum atomic E-state index is 13.4. The summed E-state index contributed by atoms with van der Waals surface area (Å²) in [5, 5.41) is 20.1. The number of anilines is 2. The Labute approximate surface area is 194 Å². The van der Waals surface area contributed by atoms with Crippen molar-refractivity contribution < 1.29 is 9.90 Å². The minimum atomic E-state index is -0.407. The first kappa shape index (κ1) is 21.5. The summed E-state index contributed by atoms with van der Waals surface area (Å²) in [5.41, 5.74) is 4.14. The molecule has 2 heterocycles. The highest BCUT2D eigenvalue weighted by molar-refractivity contribution is 14.1. The van der Waals surface area contributed by atoms with Gasteiger partial charge in [-0.1, -0.05) is 29.8 Å². The summed E-state index contributed by atoms with van der Waals surface area (Å²) in [4.78, 5) is 18.0. The van der Waals surface area contributed by atoms with Gasteiger partial charge in [-0.05, 0) is 72.7 Å². The van der Waals surface area contributed by atoms with Crippen molar-refractivity contribution in [3.8, 4) is 0 Å². The number of nitrogens with one attached hydrogen (secondary N) is 2. The lowest BCUT2D eigenvalue weighted by molar-refractivity contribution is -0.113. The van der Waals surface area contributed by atoms with Crippen molar-refractivity contribution in [2.45, 2.75) is 32.7 Å². The van der Waals surface area contributed by atoms with Crippen LogP contribution >= 0.6 is 22.6 Å². The number of aryl methyl sites for hydroxylation is 2. The summed E-state index contributed by atoms with van der Waals surface area (Å²) in [6, 6.07) is 15.4. The Bertz CT molecular complexity index is 1140. The van der Waals surface area contributed by atoms with Crippen LogP contribution in [0.15, 0.2) is 59.8 Å². The Balaban J connectivity index is 1.75. The maximum absolute atomic E-state index is 13.4. The predicted molar refractivity (Wildman–Crippen MR) is 129 cm³/mol. The second kappa shape index (κ2) is 9.19. The largest absolute Gasteiger partial charge is 0.396 e. The third kappa shape index (κ3) is 4.64. The van der Waals surface area contributed by atoms with E-state index in [4.69, 9.17) is 5.11 Å². The Morgan fingerprint density at radius 1 is 1.23 bits per heavy atom. The number of amides is 1. The van der Waals surface area contributed by atoms with Crippen LogP contribution in [0.2, 0.25) is 0 Å². The number of aliphatic hydroxyl groups excluding tert-OH is 1. The van der Waals surface area contributed by atoms with Crippen molar-refractivity contribution in [1.82, 2.24) is 14.8 Å². The molecular formula is C23H24IN5O2. The molecule has 0 spiro atoms. The molecule has 2 aromatic carbocycles. The molecule has 3 aromatic rings. The van der Waals surface area contributed by atoms with Gasteiger partial charge in [0.1, 0.15) is 6.04 Å². The number of nitrogens with zero attached hydrogens (tertiary/aromatic N) is 3. The van der Waals surface area contributed by atoms with E-state index in [1.54, 1.807) is 4.68 Å². The van der Waals surface area contributed by atoms with Crippen LogP contribution in [0.4, 0.5) is 11.6 Å². The summed E-state index contributed by atoms with van der Waals surface area (Å²) in [6.07, 6.45) is 1.16. The lowest BCUT2D eigenvalue weighted by Crippen LogP contribution is -2.31. The molecule has 0 saturated carbocycles. The van der Waals surface area contributed by atoms with E-state index in [0.29, 0.717) is 30.2 Å². The van der Waals surface area contributed by atoms with Gasteiger partial charge in [-0.3, -0.25) is 4.79 Å². The van der Waals surface area contributed by atoms with E-state index in [9.17, 15) is 4.79 Å². The average Bonchev–Trinajstić information content (AvgIpc) is 3.15. The molecule has 4 rings (SSSR count). The molecule has 1 amide bonds. The summed E-state index contributed by atoms with van der Waals surface area (Å²) < 4.78 is 2.88. The summed E-state index contributed by atoms with van der Waals surface area (Å²) in [5.74, 6) is 1.06. The highest BCUT2D eigenvalue weighted by Crippen LogP contribution is 2.36. The molecule has 0 bridgehead atoms. The Hall–Kier alpha value is -2.72. The minimum absolute atomic E-state index is 0.0829. The number of hydrogen-bond donors (Lipinski definition) is 3. The van der Waals surface area contributed by atoms with Gasteiger partial charge in [-0.15, -0.1) is 0 Å². The van der Waals surface area contributed by atoms with Gasteiger partial charge in [0.25, 0.3) is 5.91 Å². The number of aromatic nitrogens is 3. The standard InChI is InChI=1S/C23H24IN5O2/c1-14-5-3-6-16(13-14)21-20(22(31)26-18-10-8-17(24)9-11-18)15(2)25-23-27-19(7-4-12-30)28-29(21)23/h3,5-6,8-11,13,21,30H,4,7,12H2,1-2H3,(H,26,31)(H,25,27,28). The summed E-state index contributed by atoms with van der Waals surface area (Å²) >= 11 is 2.24. The monoisotopic (exact) mass is 529 g/mol. The Morgan fingerprint density at radius 2 is 2.00 bits per heavy atom. The van der Waals surface area contributed by atoms with Crippen LogP contribution in [0.1, 0.15) is 36.3 Å². The first-order valence-corrected chi connectivity index (χ1v) is 11.2. The average molecular weight is 529 g/mol. The zero-order valence-corrected chi connectivity index (χ0v) is 19.6. The molecule has 1 aliphatic rings. The first-order valence-electron chi connectivity index (χ1n) is 10.1. The van der Waals surface area contributed by atoms with Crippen LogP contribution in [0.5, 0.6) is 0 Å². The van der Waals surface area contributed by atoms with E-state index in [-0.39, 0.29) is 12.5 Å². The molecule has 0 aliphatic carbocycles. The fourth-order valence-corrected chi connectivity index (χ4v) is 4.07. The zero-order chi connectivity index (χ0) is 22.0. The highest BCUT2D eigenvalue weighted by Gasteiger charge is 2.34. The number of halogens is 1. The summed E-state index contributed by atoms with van der Waals surface area (Å²) in [7, 11) is 0. The molecule has 1 aromatic heterocycles. The number of carbonyl (C=O) groups is 1. The number of hydrogen-bond acceptors (Lipinski definition) is 5. The molecule has 8 heteroatoms. The van der Waals surface area contributed by atoms with Crippen LogP contribution < -0.4 is 10.6 Å². The molecule has 7 nitrogen and oxygen atoms in total. The third-order valence-corrected chi connectivity index (χ3v) is 5.88. The van der Waals surface area contributed by atoms with Crippen LogP contribution in [-0.4, -0.2) is 32.4 Å². The molecule has 3 N–H and O–H groups in total. The second-order valence-corrected chi connectivity index (χ2v) is 8.81. The van der Waals surface area contributed by atoms with E-state index < -0.39 is 6.04 Å². The van der Waals surface area contributed by atoms with Gasteiger partial charge in [0.15, 0.2) is 5.82 Å². The zero-order valence-electron chi connectivity index (χ0n) is 17.4. The number of carbonyl (C=O) groups excluding carboxylic acids is 1. The number of fused-ring (bicyclic) bond motifs is 1. The van der Waals surface area contributed by atoms with Crippen LogP contribution in [0.3, 0.4) is 0 Å². The van der Waals surface area contributed by atoms with Gasteiger partial charge >= 0.3 is 0 Å². The van der Waals surface area contributed by atoms with Gasteiger partial charge in [0.2, 0.25) is 5.95 Å². The smallest absolute Gasteiger partial charge is 0.255 e. The van der Waals surface area contributed by atoms with Crippen LogP contribution in [0.25, 0.3) is 0 Å². The van der Waals surface area contributed by atoms with Crippen molar-refractivity contribution in [3.63, 3.8) is 0 Å². The van der Waals surface area contributed by atoms with Gasteiger partial charge in [0.05, 0.1) is 5.57 Å². The predicted octanol–water partition coefficient (Wildman–Crippen LogP) is 4.04. The minimum Gasteiger partial charge on any atom is -0.396 e. The van der Waals surface area contributed by atoms with Crippen molar-refractivity contribution >= 4 is 40.1 Å². The molecular weight excluding hydrogens is 505 g/mol. The number of aliphatic hydroxyl groups is 1. The van der Waals surface area contributed by atoms with E-state index in [0.717, 1.165) is 26.1 Å². The van der Waals surface area contributed by atoms with E-state index in [1.807, 2.05) is 56.3 Å². The van der Waals surface area contributed by atoms with E-state index in [2.05, 4.69) is 49.4 Å². The maximum Gasteiger partial charge on any atom is 0.255 e. The molecule has 1 atom stereocenters. The third-order valence-electron chi connectivity index (χ3n) is 5.16. The van der Waals surface area contributed by atoms with E-state index >= 15 is 0 Å². The second-order valence-electron chi connectivity index (χ2n) is 7.56. The van der Waals surface area contributed by atoms with Gasteiger partial charge < -0.3 is 15.7 Å². The molecule has 0 radical (unpaired) electrons. The Morgan fingerprint density at radius 3 is 2.71 bits per heavy atom. The van der Waals surface area contributed by atoms with Crippen LogP contribution in [-0.2, 0) is 11.2 Å². The molecule has 0 fully saturated rings. The fraction of sp³-hybridized carbons (Fsp3) is 0.261. The van der Waals surface area contributed by atoms with Gasteiger partial charge in [0, 0.05) is 28.0 Å². The van der Waals surface area contributed by atoms with Crippen molar-refractivity contribution in [3.05, 3.63) is 80.3 Å². The lowest BCUT2D eigenvalue weighted by atomic mass is 9.94. The topological polar surface area (TPSA) is 92.1 Å². The molecule has 1 unspecified atom stereocenters. The van der Waals surface area contributed by atoms with E-state index in [1.165, 1.54) is 0 Å².